The first-order valence-electron chi connectivity index (χ1n) is 8.47. The van der Waals surface area contributed by atoms with E-state index in [9.17, 15) is 32.5 Å². The van der Waals surface area contributed by atoms with E-state index in [-0.39, 0.29) is 81.4 Å². The summed E-state index contributed by atoms with van der Waals surface area (Å²) in [5.74, 6) is -1.47. The summed E-state index contributed by atoms with van der Waals surface area (Å²) in [5.41, 5.74) is 3.09. The predicted molar refractivity (Wildman–Crippen MR) is 105 cm³/mol. The molecule has 14 heteroatoms. The molecule has 0 aliphatic rings. The molecule has 0 heterocycles. The van der Waals surface area contributed by atoms with E-state index in [1.54, 1.807) is 0 Å². The van der Waals surface area contributed by atoms with E-state index < -0.39 is 37.2 Å². The summed E-state index contributed by atoms with van der Waals surface area (Å²) in [5, 5.41) is 17.9. The van der Waals surface area contributed by atoms with Crippen molar-refractivity contribution in [2.24, 2.45) is 10.2 Å². The molecule has 2 N–H and O–H groups in total. The van der Waals surface area contributed by atoms with Crippen LogP contribution in [0.2, 0.25) is 0 Å². The number of carbonyl (C=O) groups excluding carboxylic acids is 1. The molecule has 0 radical (unpaired) electrons. The molecule has 0 spiro atoms. The number of nitrogens with zero attached hydrogens (tertiary/aromatic N) is 2. The first-order chi connectivity index (χ1) is 14.7. The van der Waals surface area contributed by atoms with Crippen molar-refractivity contribution in [2.45, 2.75) is 4.90 Å². The number of benzene rings is 3. The Balaban J connectivity index is 0.00000272. The Hall–Kier alpha value is -2.16. The van der Waals surface area contributed by atoms with Gasteiger partial charge >= 0.3 is 59.1 Å². The van der Waals surface area contributed by atoms with Gasteiger partial charge in [0.1, 0.15) is 15.5 Å². The summed E-state index contributed by atoms with van der Waals surface area (Å²) in [6.45, 7) is 0. The van der Waals surface area contributed by atoms with E-state index in [0.717, 1.165) is 24.3 Å². The SMILES string of the molecule is O=C([O-])c1ccccc1N/N=c1/c(=O)cc/c(=N\Nc2cccc(S(=O)(=O)[O-])c2)c1=O.[Na+].[Na+]. The second-order valence-corrected chi connectivity index (χ2v) is 7.40. The minimum atomic E-state index is -4.68. The molecule has 11 nitrogen and oxygen atoms in total. The van der Waals surface area contributed by atoms with Crippen molar-refractivity contribution in [3.8, 4) is 0 Å². The molecule has 0 aliphatic carbocycles. The van der Waals surface area contributed by atoms with Crippen molar-refractivity contribution in [2.75, 3.05) is 10.9 Å². The first-order valence-corrected chi connectivity index (χ1v) is 9.88. The smallest absolute Gasteiger partial charge is 0.744 e. The zero-order valence-corrected chi connectivity index (χ0v) is 22.3. The standard InChI is InChI=1S/C19H14N4O7S.2Na/c24-16-9-8-15(22-20-11-4-3-5-12(10-11)31(28,29)30)18(25)17(16)23-21-14-7-2-1-6-13(14)19(26)27;;/h1-10,20-21H,(H,26,27)(H,28,29,30);;/q;2*+1/p-2/b22-15+,23-17-;;. The number of carboxylic acids is 1. The van der Waals surface area contributed by atoms with Gasteiger partial charge in [0.25, 0.3) is 0 Å². The summed E-state index contributed by atoms with van der Waals surface area (Å²) in [7, 11) is -4.68. The summed E-state index contributed by atoms with van der Waals surface area (Å²) in [6, 6.07) is 12.6. The summed E-state index contributed by atoms with van der Waals surface area (Å²) in [4.78, 5) is 35.2. The van der Waals surface area contributed by atoms with Crippen LogP contribution in [0.15, 0.2) is 85.4 Å². The number of anilines is 2. The molecule has 3 aromatic rings. The van der Waals surface area contributed by atoms with Crippen LogP contribution in [0.5, 0.6) is 0 Å². The zero-order valence-electron chi connectivity index (χ0n) is 17.4. The fourth-order valence-electron chi connectivity index (χ4n) is 2.46. The third-order valence-corrected chi connectivity index (χ3v) is 4.77. The molecule has 33 heavy (non-hydrogen) atoms. The van der Waals surface area contributed by atoms with Gasteiger partial charge in [-0.25, -0.2) is 8.42 Å². The maximum atomic E-state index is 12.5. The average molecular weight is 486 g/mol. The van der Waals surface area contributed by atoms with Crippen molar-refractivity contribution in [3.63, 3.8) is 0 Å². The van der Waals surface area contributed by atoms with Gasteiger partial charge in [0.15, 0.2) is 5.36 Å². The molecule has 0 aliphatic heterocycles. The van der Waals surface area contributed by atoms with Crippen LogP contribution in [0, 0.1) is 0 Å². The molecule has 0 saturated heterocycles. The van der Waals surface area contributed by atoms with Crippen molar-refractivity contribution >= 4 is 27.5 Å². The van der Waals surface area contributed by atoms with E-state index in [4.69, 9.17) is 0 Å². The van der Waals surface area contributed by atoms with Crippen LogP contribution in [0.3, 0.4) is 0 Å². The van der Waals surface area contributed by atoms with E-state index in [1.807, 2.05) is 0 Å². The van der Waals surface area contributed by atoms with Crippen LogP contribution < -0.4 is 96.6 Å². The van der Waals surface area contributed by atoms with Crippen molar-refractivity contribution in [3.05, 3.63) is 97.4 Å². The second kappa shape index (κ2) is 12.3. The van der Waals surface area contributed by atoms with Crippen LogP contribution in [-0.4, -0.2) is 18.9 Å². The Labute approximate surface area is 230 Å². The monoisotopic (exact) mass is 486 g/mol. The van der Waals surface area contributed by atoms with E-state index in [1.165, 1.54) is 36.4 Å². The van der Waals surface area contributed by atoms with Crippen LogP contribution >= 0.6 is 0 Å². The van der Waals surface area contributed by atoms with Gasteiger partial charge in [-0.1, -0.05) is 24.3 Å². The van der Waals surface area contributed by atoms with E-state index in [0.29, 0.717) is 0 Å². The predicted octanol–water partition coefficient (Wildman–Crippen LogP) is -7.59. The Kier molecular flexibility index (Phi) is 10.8. The number of rotatable bonds is 6. The third kappa shape index (κ3) is 7.42. The molecule has 0 atom stereocenters. The van der Waals surface area contributed by atoms with E-state index >= 15 is 0 Å². The number of hydrogen-bond donors (Lipinski definition) is 2. The minimum Gasteiger partial charge on any atom is -0.744 e. The van der Waals surface area contributed by atoms with Gasteiger partial charge in [0.2, 0.25) is 10.9 Å². The molecule has 0 saturated carbocycles. The number of aromatic carboxylic acids is 1. The van der Waals surface area contributed by atoms with Crippen molar-refractivity contribution < 1.29 is 82.0 Å². The second-order valence-electron chi connectivity index (χ2n) is 6.02. The fourth-order valence-corrected chi connectivity index (χ4v) is 2.97. The minimum absolute atomic E-state index is 0. The summed E-state index contributed by atoms with van der Waals surface area (Å²) in [6.07, 6.45) is 0. The normalized spacial score (nSPS) is 11.8. The molecule has 0 bridgehead atoms. The molecular weight excluding hydrogens is 474 g/mol. The van der Waals surface area contributed by atoms with Gasteiger partial charge in [0, 0.05) is 5.56 Å². The topological polar surface area (TPSA) is 180 Å². The van der Waals surface area contributed by atoms with Crippen LogP contribution in [0.4, 0.5) is 11.4 Å². The molecular formula is C19H12N4Na2O7S. The van der Waals surface area contributed by atoms with Crippen molar-refractivity contribution in [1.29, 1.82) is 0 Å². The summed E-state index contributed by atoms with van der Waals surface area (Å²) < 4.78 is 33.3. The number of carboxylic acid groups (broad SMARTS) is 1. The first kappa shape index (κ1) is 28.9. The Morgan fingerprint density at radius 1 is 0.879 bits per heavy atom. The van der Waals surface area contributed by atoms with Gasteiger partial charge in [-0.05, 0) is 36.4 Å². The number of carbonyl (C=O) groups is 1. The van der Waals surface area contributed by atoms with E-state index in [2.05, 4.69) is 21.1 Å². The molecule has 3 aromatic carbocycles. The van der Waals surface area contributed by atoms with Crippen LogP contribution in [0.25, 0.3) is 0 Å². The molecule has 0 amide bonds. The van der Waals surface area contributed by atoms with Crippen molar-refractivity contribution in [1.82, 2.24) is 0 Å². The molecule has 3 rings (SSSR count). The average Bonchev–Trinajstić information content (AvgIpc) is 2.73. The zero-order chi connectivity index (χ0) is 22.6. The molecule has 0 unspecified atom stereocenters. The van der Waals surface area contributed by atoms with Gasteiger partial charge in [-0.15, -0.1) is 0 Å². The van der Waals surface area contributed by atoms with Crippen LogP contribution in [-0.2, 0) is 10.1 Å². The Morgan fingerprint density at radius 3 is 2.24 bits per heavy atom. The largest absolute Gasteiger partial charge is 1.00 e. The quantitative estimate of drug-likeness (QED) is 0.194. The summed E-state index contributed by atoms with van der Waals surface area (Å²) >= 11 is 0. The van der Waals surface area contributed by atoms with Gasteiger partial charge in [-0.2, -0.15) is 10.2 Å². The molecule has 0 aromatic heterocycles. The molecule has 0 fully saturated rings. The fraction of sp³-hybridized carbons (Fsp3) is 0. The molecule has 158 valence electrons. The number of nitrogens with one attached hydrogen (secondary N) is 2. The van der Waals surface area contributed by atoms with Gasteiger partial charge in [-0.3, -0.25) is 20.4 Å². The number of para-hydroxylation sites is 1. The third-order valence-electron chi connectivity index (χ3n) is 3.94. The van der Waals surface area contributed by atoms with Gasteiger partial charge < -0.3 is 14.5 Å². The van der Waals surface area contributed by atoms with Gasteiger partial charge in [0.05, 0.1) is 22.2 Å². The maximum Gasteiger partial charge on any atom is 1.00 e. The Morgan fingerprint density at radius 2 is 1.58 bits per heavy atom. The Bertz CT molecular complexity index is 1500. The maximum absolute atomic E-state index is 12.5. The van der Waals surface area contributed by atoms with Crippen LogP contribution in [0.1, 0.15) is 10.4 Å². The number of hydrogen-bond acceptors (Lipinski definition) is 11.